The highest BCUT2D eigenvalue weighted by molar-refractivity contribution is 5.79. The highest BCUT2D eigenvalue weighted by Crippen LogP contribution is 2.19. The number of rotatable bonds is 8. The number of fused-ring (bicyclic) bond motifs is 1. The second-order valence-electron chi connectivity index (χ2n) is 7.80. The zero-order valence-corrected chi connectivity index (χ0v) is 18.0. The number of ether oxygens (including phenoxy) is 1. The van der Waals surface area contributed by atoms with Crippen molar-refractivity contribution in [2.75, 3.05) is 0 Å². The van der Waals surface area contributed by atoms with Gasteiger partial charge in [-0.25, -0.2) is 4.98 Å². The number of aromatic nitrogens is 2. The molecule has 7 heteroatoms. The van der Waals surface area contributed by atoms with Crippen molar-refractivity contribution in [2.45, 2.75) is 52.2 Å². The third-order valence-electron chi connectivity index (χ3n) is 4.80. The molecule has 162 valence electrons. The number of hydrogen-bond donors (Lipinski definition) is 2. The van der Waals surface area contributed by atoms with Crippen LogP contribution in [0.4, 0.5) is 0 Å². The van der Waals surface area contributed by atoms with E-state index in [1.54, 1.807) is 32.0 Å². The number of benzene rings is 2. The summed E-state index contributed by atoms with van der Waals surface area (Å²) in [6.45, 7) is 5.55. The molecule has 31 heavy (non-hydrogen) atoms. The summed E-state index contributed by atoms with van der Waals surface area (Å²) in [6.07, 6.45) is 0.224. The van der Waals surface area contributed by atoms with Crippen LogP contribution < -0.4 is 10.9 Å². The standard InChI is InChI=1S/C24H27N3O4/c1-15(2)31-23(29)14-20(17-10-8-16(3)9-11-17)26-22(28)13-12-21-25-19-7-5-4-6-18(19)24(30)27-21/h4-11,15,20H,12-14H2,1-3H3,(H,26,28)(H,25,27,30). The van der Waals surface area contributed by atoms with E-state index in [9.17, 15) is 14.4 Å². The number of amides is 1. The first-order valence-electron chi connectivity index (χ1n) is 10.3. The van der Waals surface area contributed by atoms with Crippen LogP contribution in [0.15, 0.2) is 53.3 Å². The summed E-state index contributed by atoms with van der Waals surface area (Å²) in [5.41, 5.74) is 2.28. The first-order valence-corrected chi connectivity index (χ1v) is 10.3. The molecule has 0 saturated carbocycles. The molecule has 0 saturated heterocycles. The van der Waals surface area contributed by atoms with Crippen LogP contribution in [0.1, 0.15) is 49.7 Å². The Kier molecular flexibility index (Phi) is 7.18. The van der Waals surface area contributed by atoms with Crippen LogP contribution in [0.3, 0.4) is 0 Å². The number of carbonyl (C=O) groups is 2. The number of para-hydroxylation sites is 1. The molecule has 2 N–H and O–H groups in total. The maximum absolute atomic E-state index is 12.6. The van der Waals surface area contributed by atoms with Crippen LogP contribution >= 0.6 is 0 Å². The molecule has 0 bridgehead atoms. The molecule has 0 radical (unpaired) electrons. The number of hydrogen-bond acceptors (Lipinski definition) is 5. The Hall–Kier alpha value is -3.48. The van der Waals surface area contributed by atoms with Crippen molar-refractivity contribution in [1.29, 1.82) is 0 Å². The maximum atomic E-state index is 12.6. The first kappa shape index (κ1) is 22.2. The van der Waals surface area contributed by atoms with Gasteiger partial charge in [0.15, 0.2) is 0 Å². The molecule has 1 aromatic heterocycles. The fourth-order valence-electron chi connectivity index (χ4n) is 3.28. The van der Waals surface area contributed by atoms with Gasteiger partial charge in [0.05, 0.1) is 29.5 Å². The van der Waals surface area contributed by atoms with E-state index in [4.69, 9.17) is 4.74 Å². The Morgan fingerprint density at radius 3 is 2.52 bits per heavy atom. The predicted octanol–water partition coefficient (Wildman–Crippen LogP) is 3.36. The van der Waals surface area contributed by atoms with Gasteiger partial charge < -0.3 is 15.0 Å². The highest BCUT2D eigenvalue weighted by atomic mass is 16.5. The Balaban J connectivity index is 1.69. The van der Waals surface area contributed by atoms with E-state index >= 15 is 0 Å². The average Bonchev–Trinajstić information content (AvgIpc) is 2.72. The minimum absolute atomic E-state index is 0.0397. The van der Waals surface area contributed by atoms with Crippen molar-refractivity contribution in [3.8, 4) is 0 Å². The molecule has 2 aromatic carbocycles. The lowest BCUT2D eigenvalue weighted by molar-refractivity contribution is -0.148. The molecule has 0 aliphatic rings. The van der Waals surface area contributed by atoms with Gasteiger partial charge in [-0.15, -0.1) is 0 Å². The molecular formula is C24H27N3O4. The molecule has 1 unspecified atom stereocenters. The minimum atomic E-state index is -0.497. The van der Waals surface area contributed by atoms with E-state index in [1.807, 2.05) is 37.3 Å². The topological polar surface area (TPSA) is 101 Å². The molecule has 1 amide bonds. The predicted molar refractivity (Wildman–Crippen MR) is 119 cm³/mol. The quantitative estimate of drug-likeness (QED) is 0.543. The molecule has 7 nitrogen and oxygen atoms in total. The molecule has 0 aliphatic heterocycles. The number of aromatic amines is 1. The average molecular weight is 421 g/mol. The normalized spacial score (nSPS) is 12.0. The lowest BCUT2D eigenvalue weighted by Crippen LogP contribution is -2.31. The van der Waals surface area contributed by atoms with E-state index in [1.165, 1.54) is 0 Å². The molecule has 0 fully saturated rings. The molecule has 0 spiro atoms. The van der Waals surface area contributed by atoms with Crippen LogP contribution in [0.2, 0.25) is 0 Å². The van der Waals surface area contributed by atoms with Gasteiger partial charge in [-0.3, -0.25) is 14.4 Å². The first-order chi connectivity index (χ1) is 14.8. The van der Waals surface area contributed by atoms with Crippen LogP contribution in [0, 0.1) is 6.92 Å². The van der Waals surface area contributed by atoms with Gasteiger partial charge in [0, 0.05) is 12.8 Å². The van der Waals surface area contributed by atoms with Crippen LogP contribution in [0.5, 0.6) is 0 Å². The van der Waals surface area contributed by atoms with Crippen molar-refractivity contribution in [3.05, 3.63) is 75.8 Å². The second kappa shape index (κ2) is 10.0. The second-order valence-corrected chi connectivity index (χ2v) is 7.80. The molecule has 3 rings (SSSR count). The number of aryl methyl sites for hydroxylation is 2. The number of nitrogens with one attached hydrogen (secondary N) is 2. The third kappa shape index (κ3) is 6.25. The number of H-pyrrole nitrogens is 1. The zero-order chi connectivity index (χ0) is 22.4. The summed E-state index contributed by atoms with van der Waals surface area (Å²) in [6, 6.07) is 14.2. The van der Waals surface area contributed by atoms with Crippen LogP contribution in [0.25, 0.3) is 10.9 Å². The smallest absolute Gasteiger partial charge is 0.308 e. The van der Waals surface area contributed by atoms with Gasteiger partial charge in [-0.1, -0.05) is 42.0 Å². The lowest BCUT2D eigenvalue weighted by atomic mass is 10.0. The maximum Gasteiger partial charge on any atom is 0.308 e. The van der Waals surface area contributed by atoms with Gasteiger partial charge in [-0.2, -0.15) is 0 Å². The number of nitrogens with zero attached hydrogens (tertiary/aromatic N) is 1. The Morgan fingerprint density at radius 2 is 1.81 bits per heavy atom. The molecule has 3 aromatic rings. The number of carbonyl (C=O) groups excluding carboxylic acids is 2. The van der Waals surface area contributed by atoms with Crippen LogP contribution in [-0.2, 0) is 20.7 Å². The van der Waals surface area contributed by atoms with Crippen LogP contribution in [-0.4, -0.2) is 27.9 Å². The molecular weight excluding hydrogens is 394 g/mol. The minimum Gasteiger partial charge on any atom is -0.463 e. The van der Waals surface area contributed by atoms with Gasteiger partial charge >= 0.3 is 5.97 Å². The Labute approximate surface area is 180 Å². The molecule has 0 aliphatic carbocycles. The van der Waals surface area contributed by atoms with E-state index < -0.39 is 6.04 Å². The van der Waals surface area contributed by atoms with Gasteiger partial charge in [-0.05, 0) is 38.5 Å². The Bertz CT molecular complexity index is 1120. The monoisotopic (exact) mass is 421 g/mol. The zero-order valence-electron chi connectivity index (χ0n) is 18.0. The summed E-state index contributed by atoms with van der Waals surface area (Å²) >= 11 is 0. The summed E-state index contributed by atoms with van der Waals surface area (Å²) in [5.74, 6) is -0.162. The van der Waals surface area contributed by atoms with Crippen molar-refractivity contribution >= 4 is 22.8 Å². The SMILES string of the molecule is Cc1ccc(C(CC(=O)OC(C)C)NC(=O)CCc2nc3ccccc3c(=O)[nH]2)cc1. The van der Waals surface area contributed by atoms with E-state index in [0.29, 0.717) is 16.7 Å². The summed E-state index contributed by atoms with van der Waals surface area (Å²) < 4.78 is 5.25. The van der Waals surface area contributed by atoms with Gasteiger partial charge in [0.2, 0.25) is 5.91 Å². The lowest BCUT2D eigenvalue weighted by Gasteiger charge is -2.19. The third-order valence-corrected chi connectivity index (χ3v) is 4.80. The largest absolute Gasteiger partial charge is 0.463 e. The highest BCUT2D eigenvalue weighted by Gasteiger charge is 2.20. The summed E-state index contributed by atoms with van der Waals surface area (Å²) in [5, 5.41) is 3.43. The summed E-state index contributed by atoms with van der Waals surface area (Å²) in [7, 11) is 0. The molecule has 1 heterocycles. The van der Waals surface area contributed by atoms with Crippen molar-refractivity contribution in [3.63, 3.8) is 0 Å². The Morgan fingerprint density at radius 1 is 1.10 bits per heavy atom. The van der Waals surface area contributed by atoms with E-state index in [-0.39, 0.29) is 42.8 Å². The van der Waals surface area contributed by atoms with Gasteiger partial charge in [0.1, 0.15) is 5.82 Å². The molecule has 1 atom stereocenters. The summed E-state index contributed by atoms with van der Waals surface area (Å²) in [4.78, 5) is 44.2. The number of esters is 1. The van der Waals surface area contributed by atoms with E-state index in [2.05, 4.69) is 15.3 Å². The fraction of sp³-hybridized carbons (Fsp3) is 0.333. The van der Waals surface area contributed by atoms with E-state index in [0.717, 1.165) is 11.1 Å². The van der Waals surface area contributed by atoms with Crippen molar-refractivity contribution in [2.24, 2.45) is 0 Å². The fourth-order valence-corrected chi connectivity index (χ4v) is 3.28. The van der Waals surface area contributed by atoms with Crippen molar-refractivity contribution < 1.29 is 14.3 Å². The van der Waals surface area contributed by atoms with Gasteiger partial charge in [0.25, 0.3) is 5.56 Å². The van der Waals surface area contributed by atoms with Crippen molar-refractivity contribution in [1.82, 2.24) is 15.3 Å².